The van der Waals surface area contributed by atoms with Crippen molar-refractivity contribution in [2.75, 3.05) is 23.9 Å². The highest BCUT2D eigenvalue weighted by molar-refractivity contribution is 8.29. The molecule has 0 aromatic heterocycles. The molecule has 0 heterocycles. The molecule has 0 saturated carbocycles. The Kier molecular flexibility index (Phi) is 5.18. The molecule has 1 nitrogen and oxygen atoms in total. The first kappa shape index (κ1) is 10.3. The highest BCUT2D eigenvalue weighted by Crippen LogP contribution is 2.47. The van der Waals surface area contributed by atoms with Gasteiger partial charge >= 0.3 is 0 Å². The van der Waals surface area contributed by atoms with Crippen LogP contribution in [-0.2, 0) is 4.18 Å². The van der Waals surface area contributed by atoms with Crippen LogP contribution in [0.4, 0.5) is 0 Å². The van der Waals surface area contributed by atoms with Crippen molar-refractivity contribution in [1.82, 2.24) is 0 Å². The van der Waals surface area contributed by atoms with E-state index in [-0.39, 0.29) is 0 Å². The average Bonchev–Trinajstić information content (AvgIpc) is 2.01. The van der Waals surface area contributed by atoms with Crippen LogP contribution in [-0.4, -0.2) is 23.9 Å². The van der Waals surface area contributed by atoms with Gasteiger partial charge in [0, 0.05) is 0 Å². The smallest absolute Gasteiger partial charge is 0.0564 e. The van der Waals surface area contributed by atoms with Crippen molar-refractivity contribution >= 4 is 10.3 Å². The van der Waals surface area contributed by atoms with Gasteiger partial charge in [-0.05, 0) is 24.2 Å². The monoisotopic (exact) mass is 164 g/mol. The third-order valence-corrected chi connectivity index (χ3v) is 5.84. The molecule has 0 aliphatic rings. The van der Waals surface area contributed by atoms with Crippen molar-refractivity contribution in [3.63, 3.8) is 0 Å². The van der Waals surface area contributed by atoms with Crippen LogP contribution in [0.1, 0.15) is 27.7 Å². The van der Waals surface area contributed by atoms with E-state index in [0.717, 1.165) is 6.61 Å². The summed E-state index contributed by atoms with van der Waals surface area (Å²) in [6.45, 7) is 9.67. The minimum Gasteiger partial charge on any atom is -0.337 e. The van der Waals surface area contributed by atoms with Crippen LogP contribution in [0.2, 0.25) is 0 Å². The lowest BCUT2D eigenvalue weighted by molar-refractivity contribution is 0.382. The van der Waals surface area contributed by atoms with E-state index in [2.05, 4.69) is 27.7 Å². The van der Waals surface area contributed by atoms with Gasteiger partial charge in [-0.25, -0.2) is 0 Å². The van der Waals surface area contributed by atoms with E-state index in [1.165, 1.54) is 17.3 Å². The van der Waals surface area contributed by atoms with Crippen molar-refractivity contribution in [3.8, 4) is 0 Å². The van der Waals surface area contributed by atoms with Gasteiger partial charge in [0.2, 0.25) is 0 Å². The van der Waals surface area contributed by atoms with E-state index in [1.54, 1.807) is 0 Å². The summed E-state index contributed by atoms with van der Waals surface area (Å²) < 4.78 is 5.76. The summed E-state index contributed by atoms with van der Waals surface area (Å²) >= 11 is 0. The highest BCUT2D eigenvalue weighted by atomic mass is 32.3. The zero-order chi connectivity index (χ0) is 8.04. The molecule has 0 N–H and O–H groups in total. The minimum absolute atomic E-state index is 0.660. The molecule has 0 radical (unpaired) electrons. The average molecular weight is 164 g/mol. The minimum atomic E-state index is -0.660. The van der Waals surface area contributed by atoms with Gasteiger partial charge in [-0.2, -0.15) is 0 Å². The molecule has 2 heteroatoms. The Morgan fingerprint density at radius 3 is 1.40 bits per heavy atom. The number of hydrogen-bond acceptors (Lipinski definition) is 1. The molecule has 0 aliphatic heterocycles. The van der Waals surface area contributed by atoms with E-state index >= 15 is 0 Å². The van der Waals surface area contributed by atoms with Gasteiger partial charge in [0.25, 0.3) is 0 Å². The maximum atomic E-state index is 5.76. The zero-order valence-corrected chi connectivity index (χ0v) is 8.46. The summed E-state index contributed by atoms with van der Waals surface area (Å²) in [5, 5.41) is 0. The lowest BCUT2D eigenvalue weighted by atomic mass is 10.9. The van der Waals surface area contributed by atoms with Gasteiger partial charge in [0.1, 0.15) is 0 Å². The zero-order valence-electron chi connectivity index (χ0n) is 7.64. The lowest BCUT2D eigenvalue weighted by Gasteiger charge is -2.36. The molecule has 0 bridgehead atoms. The fourth-order valence-corrected chi connectivity index (χ4v) is 3.34. The summed E-state index contributed by atoms with van der Waals surface area (Å²) in [5.41, 5.74) is 0. The summed E-state index contributed by atoms with van der Waals surface area (Å²) in [7, 11) is -0.660. The van der Waals surface area contributed by atoms with Crippen LogP contribution in [0.3, 0.4) is 0 Å². The Balaban J connectivity index is 3.87. The quantitative estimate of drug-likeness (QED) is 0.607. The summed E-state index contributed by atoms with van der Waals surface area (Å²) in [4.78, 5) is 0. The Morgan fingerprint density at radius 2 is 1.30 bits per heavy atom. The van der Waals surface area contributed by atoms with Crippen molar-refractivity contribution < 1.29 is 4.18 Å². The van der Waals surface area contributed by atoms with Gasteiger partial charge in [0.05, 0.1) is 6.61 Å². The molecular formula is C8H20OS. The topological polar surface area (TPSA) is 9.23 Å². The van der Waals surface area contributed by atoms with Gasteiger partial charge in [0.15, 0.2) is 0 Å². The van der Waals surface area contributed by atoms with E-state index in [9.17, 15) is 0 Å². The molecule has 0 atom stereocenters. The van der Waals surface area contributed by atoms with Gasteiger partial charge in [-0.3, -0.25) is 0 Å². The first-order valence-electron chi connectivity index (χ1n) is 4.15. The normalized spacial score (nSPS) is 13.6. The SMILES string of the molecule is CCOS(CC)(CC)CC. The van der Waals surface area contributed by atoms with Crippen molar-refractivity contribution in [1.29, 1.82) is 0 Å². The molecule has 0 aliphatic carbocycles. The molecule has 0 aromatic rings. The summed E-state index contributed by atoms with van der Waals surface area (Å²) in [5.74, 6) is 3.65. The van der Waals surface area contributed by atoms with Crippen molar-refractivity contribution in [2.24, 2.45) is 0 Å². The van der Waals surface area contributed by atoms with Crippen LogP contribution in [0.5, 0.6) is 0 Å². The Hall–Kier alpha value is 0.310. The third-order valence-electron chi connectivity index (χ3n) is 1.95. The van der Waals surface area contributed by atoms with Crippen molar-refractivity contribution in [2.45, 2.75) is 27.7 Å². The Labute approximate surface area is 66.7 Å². The van der Waals surface area contributed by atoms with Crippen LogP contribution in [0, 0.1) is 0 Å². The molecule has 0 spiro atoms. The van der Waals surface area contributed by atoms with Crippen LogP contribution in [0.15, 0.2) is 0 Å². The second-order valence-corrected chi connectivity index (χ2v) is 6.14. The fraction of sp³-hybridized carbons (Fsp3) is 1.00. The van der Waals surface area contributed by atoms with Gasteiger partial charge in [-0.15, -0.1) is 10.3 Å². The molecule has 0 amide bonds. The van der Waals surface area contributed by atoms with Crippen LogP contribution < -0.4 is 0 Å². The van der Waals surface area contributed by atoms with E-state index in [1.807, 2.05) is 0 Å². The van der Waals surface area contributed by atoms with E-state index in [4.69, 9.17) is 4.18 Å². The molecule has 64 valence electrons. The maximum Gasteiger partial charge on any atom is 0.0564 e. The molecular weight excluding hydrogens is 144 g/mol. The molecule has 0 saturated heterocycles. The Morgan fingerprint density at radius 1 is 0.900 bits per heavy atom. The molecule has 10 heavy (non-hydrogen) atoms. The summed E-state index contributed by atoms with van der Waals surface area (Å²) in [6.07, 6.45) is 0. The third kappa shape index (κ3) is 2.51. The van der Waals surface area contributed by atoms with Crippen LogP contribution >= 0.6 is 10.3 Å². The molecule has 0 rings (SSSR count). The first-order valence-corrected chi connectivity index (χ1v) is 6.22. The maximum absolute atomic E-state index is 5.76. The largest absolute Gasteiger partial charge is 0.337 e. The highest BCUT2D eigenvalue weighted by Gasteiger charge is 2.16. The standard InChI is InChI=1S/C8H20OS/c1-5-9-10(6-2,7-3)8-4/h5-8H2,1-4H3. The second kappa shape index (κ2) is 5.03. The van der Waals surface area contributed by atoms with E-state index in [0.29, 0.717) is 0 Å². The van der Waals surface area contributed by atoms with Crippen molar-refractivity contribution in [3.05, 3.63) is 0 Å². The molecule has 0 fully saturated rings. The lowest BCUT2D eigenvalue weighted by Crippen LogP contribution is -2.12. The Bertz CT molecular complexity index is 71.1. The number of rotatable bonds is 5. The predicted octanol–water partition coefficient (Wildman–Crippen LogP) is 2.80. The molecule has 0 aromatic carbocycles. The summed E-state index contributed by atoms with van der Waals surface area (Å²) in [6, 6.07) is 0. The van der Waals surface area contributed by atoms with E-state index < -0.39 is 10.3 Å². The van der Waals surface area contributed by atoms with Crippen LogP contribution in [0.25, 0.3) is 0 Å². The second-order valence-electron chi connectivity index (χ2n) is 2.24. The first-order chi connectivity index (χ1) is 4.74. The van der Waals surface area contributed by atoms with Gasteiger partial charge < -0.3 is 4.18 Å². The molecule has 0 unspecified atom stereocenters. The number of hydrogen-bond donors (Lipinski definition) is 0. The predicted molar refractivity (Wildman–Crippen MR) is 50.8 cm³/mol. The van der Waals surface area contributed by atoms with Gasteiger partial charge in [-0.1, -0.05) is 20.8 Å². The fourth-order valence-electron chi connectivity index (χ4n) is 1.11.